The second-order valence-electron chi connectivity index (χ2n) is 7.32. The van der Waals surface area contributed by atoms with Gasteiger partial charge in [-0.1, -0.05) is 12.1 Å². The van der Waals surface area contributed by atoms with Gasteiger partial charge in [-0.05, 0) is 72.4 Å². The molecule has 0 bridgehead atoms. The van der Waals surface area contributed by atoms with Crippen LogP contribution in [0.3, 0.4) is 0 Å². The summed E-state index contributed by atoms with van der Waals surface area (Å²) in [5, 5.41) is 4.04. The Morgan fingerprint density at radius 3 is 2.61 bits per heavy atom. The van der Waals surface area contributed by atoms with Gasteiger partial charge in [0, 0.05) is 30.7 Å². The molecule has 4 heterocycles. The maximum Gasteiger partial charge on any atom is 0.170 e. The summed E-state index contributed by atoms with van der Waals surface area (Å²) < 4.78 is 19.6. The van der Waals surface area contributed by atoms with Crippen molar-refractivity contribution in [1.29, 1.82) is 0 Å². The minimum absolute atomic E-state index is 0.169. The van der Waals surface area contributed by atoms with Crippen molar-refractivity contribution in [2.24, 2.45) is 0 Å². The molecule has 0 aliphatic carbocycles. The predicted octanol–water partition coefficient (Wildman–Crippen LogP) is 5.05. The molecular formula is C24H19FN4OS. The average Bonchev–Trinajstić information content (AvgIpc) is 3.41. The Labute approximate surface area is 184 Å². The van der Waals surface area contributed by atoms with Gasteiger partial charge in [0.25, 0.3) is 0 Å². The number of benzene rings is 1. The molecule has 1 fully saturated rings. The molecular weight excluding hydrogens is 411 g/mol. The molecule has 5 rings (SSSR count). The molecule has 0 spiro atoms. The Morgan fingerprint density at radius 1 is 1.00 bits per heavy atom. The molecule has 1 saturated heterocycles. The molecule has 0 saturated carbocycles. The first kappa shape index (κ1) is 19.4. The van der Waals surface area contributed by atoms with E-state index in [9.17, 15) is 4.39 Å². The third kappa shape index (κ3) is 3.92. The summed E-state index contributed by atoms with van der Waals surface area (Å²) in [5.74, 6) is 1.15. The lowest BCUT2D eigenvalue weighted by Gasteiger charge is -2.26. The van der Waals surface area contributed by atoms with Gasteiger partial charge in [0.1, 0.15) is 23.4 Å². The third-order valence-electron chi connectivity index (χ3n) is 5.32. The van der Waals surface area contributed by atoms with E-state index in [1.54, 1.807) is 24.5 Å². The zero-order valence-corrected chi connectivity index (χ0v) is 17.3. The van der Waals surface area contributed by atoms with Crippen LogP contribution in [0.1, 0.15) is 29.1 Å². The first-order valence-electron chi connectivity index (χ1n) is 9.92. The first-order chi connectivity index (χ1) is 15.2. The van der Waals surface area contributed by atoms with E-state index in [-0.39, 0.29) is 17.9 Å². The number of nitrogens with zero attached hydrogens (tertiary/aromatic N) is 3. The molecule has 0 amide bonds. The maximum atomic E-state index is 13.3. The number of hydrogen-bond acceptors (Lipinski definition) is 4. The summed E-state index contributed by atoms with van der Waals surface area (Å²) >= 11 is 5.69. The Morgan fingerprint density at radius 2 is 1.87 bits per heavy atom. The van der Waals surface area contributed by atoms with Crippen LogP contribution in [0.5, 0.6) is 0 Å². The van der Waals surface area contributed by atoms with E-state index < -0.39 is 0 Å². The highest BCUT2D eigenvalue weighted by Gasteiger charge is 2.41. The van der Waals surface area contributed by atoms with Gasteiger partial charge in [0.05, 0.1) is 11.7 Å². The van der Waals surface area contributed by atoms with Gasteiger partial charge < -0.3 is 14.6 Å². The normalized spacial score (nSPS) is 18.2. The minimum Gasteiger partial charge on any atom is -0.459 e. The number of nitrogens with one attached hydrogen (secondary N) is 1. The molecule has 4 aromatic rings. The van der Waals surface area contributed by atoms with E-state index in [1.165, 1.54) is 12.1 Å². The van der Waals surface area contributed by atoms with Crippen molar-refractivity contribution in [3.8, 4) is 11.3 Å². The molecule has 2 unspecified atom stereocenters. The molecule has 1 aromatic carbocycles. The zero-order chi connectivity index (χ0) is 21.2. The summed E-state index contributed by atoms with van der Waals surface area (Å²) in [6.45, 7) is 0.584. The fourth-order valence-corrected chi connectivity index (χ4v) is 4.16. The Balaban J connectivity index is 1.53. The largest absolute Gasteiger partial charge is 0.459 e. The molecule has 31 heavy (non-hydrogen) atoms. The van der Waals surface area contributed by atoms with E-state index in [4.69, 9.17) is 16.6 Å². The monoisotopic (exact) mass is 430 g/mol. The van der Waals surface area contributed by atoms with Gasteiger partial charge in [0.15, 0.2) is 5.11 Å². The van der Waals surface area contributed by atoms with E-state index in [0.717, 1.165) is 22.6 Å². The molecule has 0 radical (unpaired) electrons. The van der Waals surface area contributed by atoms with Crippen LogP contribution < -0.4 is 5.32 Å². The smallest absolute Gasteiger partial charge is 0.170 e. The quantitative estimate of drug-likeness (QED) is 0.447. The van der Waals surface area contributed by atoms with Crippen LogP contribution in [0.4, 0.5) is 4.39 Å². The molecule has 7 heteroatoms. The lowest BCUT2D eigenvalue weighted by atomic mass is 10.0. The van der Waals surface area contributed by atoms with E-state index >= 15 is 0 Å². The van der Waals surface area contributed by atoms with Crippen molar-refractivity contribution in [2.45, 2.75) is 18.6 Å². The number of furan rings is 1. The third-order valence-corrected chi connectivity index (χ3v) is 5.67. The van der Waals surface area contributed by atoms with Gasteiger partial charge in [-0.25, -0.2) is 4.39 Å². The number of pyridine rings is 2. The van der Waals surface area contributed by atoms with Crippen LogP contribution in [0, 0.1) is 5.82 Å². The predicted molar refractivity (Wildman–Crippen MR) is 119 cm³/mol. The van der Waals surface area contributed by atoms with E-state index in [2.05, 4.69) is 20.2 Å². The Bertz CT molecular complexity index is 1180. The van der Waals surface area contributed by atoms with Crippen LogP contribution in [-0.4, -0.2) is 20.0 Å². The molecule has 154 valence electrons. The Kier molecular flexibility index (Phi) is 5.18. The minimum atomic E-state index is -0.279. The topological polar surface area (TPSA) is 54.2 Å². The average molecular weight is 431 g/mol. The fourth-order valence-electron chi connectivity index (χ4n) is 3.85. The molecule has 1 aliphatic heterocycles. The van der Waals surface area contributed by atoms with Gasteiger partial charge in [-0.3, -0.25) is 9.97 Å². The van der Waals surface area contributed by atoms with Crippen molar-refractivity contribution >= 4 is 17.3 Å². The van der Waals surface area contributed by atoms with E-state index in [0.29, 0.717) is 17.4 Å². The summed E-state index contributed by atoms with van der Waals surface area (Å²) in [4.78, 5) is 10.9. The lowest BCUT2D eigenvalue weighted by Crippen LogP contribution is -2.29. The van der Waals surface area contributed by atoms with Gasteiger partial charge in [-0.2, -0.15) is 0 Å². The highest BCUT2D eigenvalue weighted by Crippen LogP contribution is 2.41. The number of aromatic nitrogens is 2. The van der Waals surface area contributed by atoms with Crippen LogP contribution in [0.25, 0.3) is 11.3 Å². The summed E-state index contributed by atoms with van der Waals surface area (Å²) in [5.41, 5.74) is 2.74. The lowest BCUT2D eigenvalue weighted by molar-refractivity contribution is 0.269. The summed E-state index contributed by atoms with van der Waals surface area (Å²) in [7, 11) is 0. The van der Waals surface area contributed by atoms with Crippen LogP contribution in [-0.2, 0) is 6.54 Å². The number of rotatable bonds is 5. The van der Waals surface area contributed by atoms with Crippen molar-refractivity contribution < 1.29 is 8.81 Å². The van der Waals surface area contributed by atoms with Gasteiger partial charge in [-0.15, -0.1) is 0 Å². The number of thiocarbonyl (C=S) groups is 1. The molecule has 3 aromatic heterocycles. The second kappa shape index (κ2) is 8.28. The molecule has 5 nitrogen and oxygen atoms in total. The van der Waals surface area contributed by atoms with Gasteiger partial charge in [0.2, 0.25) is 0 Å². The standard InChI is InChI=1S/C24H19FN4OS/c25-18-8-6-17(7-9-18)20-10-11-21(30-20)23-22(19-5-1-2-13-27-19)28-24(31)29(23)15-16-4-3-12-26-14-16/h1-14,22-23H,15H2,(H,28,31). The maximum absolute atomic E-state index is 13.3. The SMILES string of the molecule is Fc1ccc(-c2ccc(C3C(c4ccccn4)NC(=S)N3Cc3cccnc3)o2)cc1. The highest BCUT2D eigenvalue weighted by atomic mass is 32.1. The molecule has 2 atom stereocenters. The Hall–Kier alpha value is -3.58. The van der Waals surface area contributed by atoms with Crippen molar-refractivity contribution in [3.63, 3.8) is 0 Å². The van der Waals surface area contributed by atoms with Crippen LogP contribution >= 0.6 is 12.2 Å². The van der Waals surface area contributed by atoms with E-state index in [1.807, 2.05) is 48.7 Å². The van der Waals surface area contributed by atoms with Crippen LogP contribution in [0.15, 0.2) is 89.7 Å². The van der Waals surface area contributed by atoms with Crippen LogP contribution in [0.2, 0.25) is 0 Å². The summed E-state index contributed by atoms with van der Waals surface area (Å²) in [6, 6.07) is 19.5. The highest BCUT2D eigenvalue weighted by molar-refractivity contribution is 7.80. The zero-order valence-electron chi connectivity index (χ0n) is 16.5. The molecule has 1 aliphatic rings. The second-order valence-corrected chi connectivity index (χ2v) is 7.71. The van der Waals surface area contributed by atoms with Gasteiger partial charge >= 0.3 is 0 Å². The number of halogens is 1. The summed E-state index contributed by atoms with van der Waals surface area (Å²) in [6.07, 6.45) is 5.35. The van der Waals surface area contributed by atoms with Crippen molar-refractivity contribution in [3.05, 3.63) is 108 Å². The fraction of sp³-hybridized carbons (Fsp3) is 0.125. The van der Waals surface area contributed by atoms with Crippen molar-refractivity contribution in [2.75, 3.05) is 0 Å². The van der Waals surface area contributed by atoms with Crippen molar-refractivity contribution in [1.82, 2.24) is 20.2 Å². The molecule has 1 N–H and O–H groups in total. The first-order valence-corrected chi connectivity index (χ1v) is 10.3. The number of hydrogen-bond donors (Lipinski definition) is 1.